The zero-order chi connectivity index (χ0) is 17.7. The lowest BCUT2D eigenvalue weighted by Gasteiger charge is -2.20. The Morgan fingerprint density at radius 3 is 2.42 bits per heavy atom. The maximum Gasteiger partial charge on any atom is 0.338 e. The third-order valence-corrected chi connectivity index (χ3v) is 2.78. The molecule has 0 aliphatic carbocycles. The number of urea groups is 1. The van der Waals surface area contributed by atoms with Crippen LogP contribution >= 0.6 is 0 Å². The highest BCUT2D eigenvalue weighted by atomic mass is 16.5. The Bertz CT molecular complexity index is 783. The van der Waals surface area contributed by atoms with Gasteiger partial charge < -0.3 is 10.1 Å². The molecule has 3 amide bonds. The van der Waals surface area contributed by atoms with Crippen LogP contribution in [0.25, 0.3) is 11.0 Å². The number of rotatable bonds is 3. The van der Waals surface area contributed by atoms with Crippen molar-refractivity contribution in [2.75, 3.05) is 6.61 Å². The summed E-state index contributed by atoms with van der Waals surface area (Å²) in [6.07, 6.45) is 3.06. The number of carbonyl (C=O) groups is 3. The third kappa shape index (κ3) is 5.01. The van der Waals surface area contributed by atoms with Crippen molar-refractivity contribution in [2.45, 2.75) is 26.3 Å². The topological polar surface area (TPSA) is 110 Å². The lowest BCUT2D eigenvalue weighted by Crippen LogP contribution is -2.49. The van der Waals surface area contributed by atoms with Crippen LogP contribution in [0.4, 0.5) is 4.79 Å². The summed E-state index contributed by atoms with van der Waals surface area (Å²) in [5.41, 5.74) is 0.953. The molecule has 2 aromatic rings. The van der Waals surface area contributed by atoms with E-state index >= 15 is 0 Å². The standard InChI is InChI=1S/C16H18N4O4/c1-16(2,3)20-15(23)19-13(21)9-24-14(22)10-4-5-11-12(8-10)18-7-6-17-11/h4-8H,9H2,1-3H3,(H2,19,20,21,23). The lowest BCUT2D eigenvalue weighted by molar-refractivity contribution is -0.123. The molecule has 8 nitrogen and oxygen atoms in total. The summed E-state index contributed by atoms with van der Waals surface area (Å²) in [7, 11) is 0. The minimum Gasteiger partial charge on any atom is -0.452 e. The van der Waals surface area contributed by atoms with Crippen molar-refractivity contribution in [3.63, 3.8) is 0 Å². The molecular formula is C16H18N4O4. The number of imide groups is 1. The van der Waals surface area contributed by atoms with Crippen molar-refractivity contribution in [1.82, 2.24) is 20.6 Å². The number of nitrogens with zero attached hydrogens (tertiary/aromatic N) is 2. The highest BCUT2D eigenvalue weighted by molar-refractivity contribution is 5.98. The number of fused-ring (bicyclic) bond motifs is 1. The number of nitrogens with one attached hydrogen (secondary N) is 2. The highest BCUT2D eigenvalue weighted by Crippen LogP contribution is 2.11. The van der Waals surface area contributed by atoms with Crippen molar-refractivity contribution >= 4 is 28.9 Å². The number of hydrogen-bond donors (Lipinski definition) is 2. The van der Waals surface area contributed by atoms with Gasteiger partial charge in [0.15, 0.2) is 6.61 Å². The molecule has 0 radical (unpaired) electrons. The van der Waals surface area contributed by atoms with Gasteiger partial charge >= 0.3 is 12.0 Å². The number of esters is 1. The van der Waals surface area contributed by atoms with Crippen LogP contribution in [0.1, 0.15) is 31.1 Å². The van der Waals surface area contributed by atoms with Gasteiger partial charge in [-0.05, 0) is 39.0 Å². The van der Waals surface area contributed by atoms with Gasteiger partial charge in [-0.25, -0.2) is 9.59 Å². The maximum atomic E-state index is 12.0. The van der Waals surface area contributed by atoms with Crippen molar-refractivity contribution in [3.05, 3.63) is 36.2 Å². The molecule has 1 heterocycles. The summed E-state index contributed by atoms with van der Waals surface area (Å²) in [6.45, 7) is 4.77. The molecule has 1 aromatic carbocycles. The second-order valence-electron chi connectivity index (χ2n) is 6.09. The minimum atomic E-state index is -0.717. The zero-order valence-corrected chi connectivity index (χ0v) is 13.6. The second kappa shape index (κ2) is 7.03. The summed E-state index contributed by atoms with van der Waals surface area (Å²) in [5, 5.41) is 4.65. The van der Waals surface area contributed by atoms with Gasteiger partial charge in [0.05, 0.1) is 16.6 Å². The number of amides is 3. The first-order valence-electron chi connectivity index (χ1n) is 7.24. The Morgan fingerprint density at radius 2 is 1.75 bits per heavy atom. The minimum absolute atomic E-state index is 0.245. The van der Waals surface area contributed by atoms with E-state index in [4.69, 9.17) is 4.74 Å². The van der Waals surface area contributed by atoms with Gasteiger partial charge in [-0.3, -0.25) is 20.1 Å². The Kier molecular flexibility index (Phi) is 5.08. The van der Waals surface area contributed by atoms with Crippen LogP contribution in [0.5, 0.6) is 0 Å². The van der Waals surface area contributed by atoms with Gasteiger partial charge in [0.1, 0.15) is 0 Å². The van der Waals surface area contributed by atoms with E-state index < -0.39 is 30.1 Å². The molecule has 0 bridgehead atoms. The lowest BCUT2D eigenvalue weighted by atomic mass is 10.1. The first kappa shape index (κ1) is 17.3. The molecule has 126 valence electrons. The number of ether oxygens (including phenoxy) is 1. The van der Waals surface area contributed by atoms with Crippen molar-refractivity contribution in [3.8, 4) is 0 Å². The molecule has 0 atom stereocenters. The molecule has 2 rings (SSSR count). The molecule has 0 fully saturated rings. The molecule has 0 spiro atoms. The van der Waals surface area contributed by atoms with Crippen LogP contribution in [0.15, 0.2) is 30.6 Å². The highest BCUT2D eigenvalue weighted by Gasteiger charge is 2.17. The van der Waals surface area contributed by atoms with E-state index in [0.29, 0.717) is 11.0 Å². The van der Waals surface area contributed by atoms with Gasteiger partial charge in [0.2, 0.25) is 0 Å². The molecule has 0 aliphatic rings. The van der Waals surface area contributed by atoms with Gasteiger partial charge in [-0.15, -0.1) is 0 Å². The summed E-state index contributed by atoms with van der Waals surface area (Å²) in [4.78, 5) is 43.3. The Labute approximate surface area is 138 Å². The van der Waals surface area contributed by atoms with E-state index in [2.05, 4.69) is 20.6 Å². The van der Waals surface area contributed by atoms with Gasteiger partial charge in [-0.1, -0.05) is 0 Å². The Hall–Kier alpha value is -3.03. The van der Waals surface area contributed by atoms with E-state index in [1.807, 2.05) is 0 Å². The fraction of sp³-hybridized carbons (Fsp3) is 0.312. The number of aromatic nitrogens is 2. The van der Waals surface area contributed by atoms with Crippen LogP contribution in [0.3, 0.4) is 0 Å². The van der Waals surface area contributed by atoms with Crippen LogP contribution in [-0.2, 0) is 9.53 Å². The second-order valence-corrected chi connectivity index (χ2v) is 6.09. The fourth-order valence-corrected chi connectivity index (χ4v) is 1.84. The van der Waals surface area contributed by atoms with E-state index in [9.17, 15) is 14.4 Å². The average Bonchev–Trinajstić information content (AvgIpc) is 2.50. The van der Waals surface area contributed by atoms with Crippen molar-refractivity contribution in [2.24, 2.45) is 0 Å². The van der Waals surface area contributed by atoms with Crippen LogP contribution in [0.2, 0.25) is 0 Å². The molecule has 0 saturated heterocycles. The normalized spacial score (nSPS) is 11.0. The fourth-order valence-electron chi connectivity index (χ4n) is 1.84. The maximum absolute atomic E-state index is 12.0. The quantitative estimate of drug-likeness (QED) is 0.823. The van der Waals surface area contributed by atoms with Gasteiger partial charge in [0, 0.05) is 17.9 Å². The summed E-state index contributed by atoms with van der Waals surface area (Å²) < 4.78 is 4.89. The van der Waals surface area contributed by atoms with Crippen molar-refractivity contribution in [1.29, 1.82) is 0 Å². The Morgan fingerprint density at radius 1 is 1.08 bits per heavy atom. The SMILES string of the molecule is CC(C)(C)NC(=O)NC(=O)COC(=O)c1ccc2nccnc2c1. The molecule has 0 unspecified atom stereocenters. The van der Waals surface area contributed by atoms with Crippen molar-refractivity contribution < 1.29 is 19.1 Å². The molecular weight excluding hydrogens is 312 g/mol. The van der Waals surface area contributed by atoms with Crippen LogP contribution in [0, 0.1) is 0 Å². The number of benzene rings is 1. The summed E-state index contributed by atoms with van der Waals surface area (Å²) >= 11 is 0. The molecule has 1 aromatic heterocycles. The first-order valence-corrected chi connectivity index (χ1v) is 7.24. The smallest absolute Gasteiger partial charge is 0.338 e. The molecule has 8 heteroatoms. The third-order valence-electron chi connectivity index (χ3n) is 2.78. The Balaban J connectivity index is 1.89. The van der Waals surface area contributed by atoms with E-state index in [1.165, 1.54) is 18.3 Å². The van der Waals surface area contributed by atoms with E-state index in [1.54, 1.807) is 33.0 Å². The summed E-state index contributed by atoms with van der Waals surface area (Å²) in [5.74, 6) is -1.40. The molecule has 0 aliphatic heterocycles. The van der Waals surface area contributed by atoms with Crippen LogP contribution in [-0.4, -0.2) is 40.0 Å². The first-order chi connectivity index (χ1) is 11.2. The average molecular weight is 330 g/mol. The molecule has 0 saturated carbocycles. The van der Waals surface area contributed by atoms with Crippen LogP contribution < -0.4 is 10.6 Å². The number of carbonyl (C=O) groups excluding carboxylic acids is 3. The molecule has 24 heavy (non-hydrogen) atoms. The van der Waals surface area contributed by atoms with Gasteiger partial charge in [0.25, 0.3) is 5.91 Å². The van der Waals surface area contributed by atoms with Gasteiger partial charge in [-0.2, -0.15) is 0 Å². The molecule has 2 N–H and O–H groups in total. The largest absolute Gasteiger partial charge is 0.452 e. The number of hydrogen-bond acceptors (Lipinski definition) is 6. The summed E-state index contributed by atoms with van der Waals surface area (Å²) in [6, 6.07) is 4.04. The predicted molar refractivity (Wildman–Crippen MR) is 86.2 cm³/mol. The monoisotopic (exact) mass is 330 g/mol. The van der Waals surface area contributed by atoms with E-state index in [-0.39, 0.29) is 5.56 Å². The van der Waals surface area contributed by atoms with E-state index in [0.717, 1.165) is 0 Å². The zero-order valence-electron chi connectivity index (χ0n) is 13.6. The predicted octanol–water partition coefficient (Wildman–Crippen LogP) is 1.41.